The standard InChI is InChI=1S/C15H18N2OS/c1-3-16-12-6-7-14(11(2)9-12)15(18)17-10-13-5-4-8-19-13/h4-9,16H,3,10H2,1-2H3,(H,17,18). The molecule has 1 heterocycles. The number of carbonyl (C=O) groups is 1. The highest BCUT2D eigenvalue weighted by atomic mass is 32.1. The van der Waals surface area contributed by atoms with Gasteiger partial charge in [0, 0.05) is 22.7 Å². The van der Waals surface area contributed by atoms with E-state index in [4.69, 9.17) is 0 Å². The zero-order valence-electron chi connectivity index (χ0n) is 11.2. The van der Waals surface area contributed by atoms with E-state index in [1.807, 2.05) is 42.6 Å². The molecule has 3 nitrogen and oxygen atoms in total. The Balaban J connectivity index is 2.02. The van der Waals surface area contributed by atoms with Gasteiger partial charge in [-0.25, -0.2) is 0 Å². The number of nitrogens with one attached hydrogen (secondary N) is 2. The first-order valence-corrected chi connectivity index (χ1v) is 7.23. The van der Waals surface area contributed by atoms with Crippen molar-refractivity contribution in [1.82, 2.24) is 5.32 Å². The first kappa shape index (κ1) is 13.6. The lowest BCUT2D eigenvalue weighted by atomic mass is 10.1. The highest BCUT2D eigenvalue weighted by Crippen LogP contribution is 2.15. The number of carbonyl (C=O) groups excluding carboxylic acids is 1. The predicted molar refractivity (Wildman–Crippen MR) is 80.8 cm³/mol. The van der Waals surface area contributed by atoms with Crippen molar-refractivity contribution >= 4 is 22.9 Å². The van der Waals surface area contributed by atoms with Crippen LogP contribution in [0.4, 0.5) is 5.69 Å². The van der Waals surface area contributed by atoms with Gasteiger partial charge in [0.1, 0.15) is 0 Å². The SMILES string of the molecule is CCNc1ccc(C(=O)NCc2cccs2)c(C)c1. The molecule has 0 bridgehead atoms. The van der Waals surface area contributed by atoms with Gasteiger partial charge < -0.3 is 10.6 Å². The molecule has 1 aromatic carbocycles. The fraction of sp³-hybridized carbons (Fsp3) is 0.267. The average molecular weight is 274 g/mol. The predicted octanol–water partition coefficient (Wildman–Crippen LogP) is 3.42. The second-order valence-electron chi connectivity index (χ2n) is 4.32. The first-order chi connectivity index (χ1) is 9.20. The van der Waals surface area contributed by atoms with Crippen LogP contribution in [0, 0.1) is 6.92 Å². The Bertz CT molecular complexity index is 549. The second kappa shape index (κ2) is 6.38. The van der Waals surface area contributed by atoms with E-state index < -0.39 is 0 Å². The largest absolute Gasteiger partial charge is 0.385 e. The number of hydrogen-bond donors (Lipinski definition) is 2. The molecule has 0 radical (unpaired) electrons. The molecule has 0 spiro atoms. The maximum Gasteiger partial charge on any atom is 0.251 e. The van der Waals surface area contributed by atoms with E-state index in [9.17, 15) is 4.79 Å². The topological polar surface area (TPSA) is 41.1 Å². The molecule has 0 unspecified atom stereocenters. The third-order valence-corrected chi connectivity index (χ3v) is 3.73. The van der Waals surface area contributed by atoms with Crippen LogP contribution in [0.1, 0.15) is 27.7 Å². The van der Waals surface area contributed by atoms with Gasteiger partial charge in [0.25, 0.3) is 5.91 Å². The molecule has 0 aliphatic heterocycles. The van der Waals surface area contributed by atoms with Crippen molar-refractivity contribution in [2.45, 2.75) is 20.4 Å². The molecule has 2 N–H and O–H groups in total. The van der Waals surface area contributed by atoms with Gasteiger partial charge in [-0.05, 0) is 49.1 Å². The van der Waals surface area contributed by atoms with Crippen molar-refractivity contribution in [2.75, 3.05) is 11.9 Å². The number of rotatable bonds is 5. The van der Waals surface area contributed by atoms with Crippen LogP contribution < -0.4 is 10.6 Å². The summed E-state index contributed by atoms with van der Waals surface area (Å²) in [4.78, 5) is 13.3. The lowest BCUT2D eigenvalue weighted by molar-refractivity contribution is 0.0950. The molecule has 0 aliphatic rings. The minimum Gasteiger partial charge on any atom is -0.385 e. The van der Waals surface area contributed by atoms with Crippen molar-refractivity contribution < 1.29 is 4.79 Å². The molecule has 0 aliphatic carbocycles. The average Bonchev–Trinajstić information content (AvgIpc) is 2.89. The molecule has 100 valence electrons. The zero-order chi connectivity index (χ0) is 13.7. The Labute approximate surface area is 117 Å². The summed E-state index contributed by atoms with van der Waals surface area (Å²) >= 11 is 1.65. The molecule has 0 saturated heterocycles. The van der Waals surface area contributed by atoms with Crippen molar-refractivity contribution in [3.63, 3.8) is 0 Å². The van der Waals surface area contributed by atoms with Gasteiger partial charge in [-0.3, -0.25) is 4.79 Å². The van der Waals surface area contributed by atoms with Gasteiger partial charge >= 0.3 is 0 Å². The van der Waals surface area contributed by atoms with Crippen LogP contribution in [0.15, 0.2) is 35.7 Å². The lowest BCUT2D eigenvalue weighted by Crippen LogP contribution is -2.23. The van der Waals surface area contributed by atoms with Crippen LogP contribution in [-0.4, -0.2) is 12.5 Å². The summed E-state index contributed by atoms with van der Waals surface area (Å²) in [5, 5.41) is 8.20. The molecule has 0 atom stereocenters. The summed E-state index contributed by atoms with van der Waals surface area (Å²) in [6.07, 6.45) is 0. The fourth-order valence-corrected chi connectivity index (χ4v) is 2.55. The Morgan fingerprint density at radius 1 is 1.32 bits per heavy atom. The Hall–Kier alpha value is -1.81. The molecular weight excluding hydrogens is 256 g/mol. The maximum atomic E-state index is 12.1. The number of amides is 1. The van der Waals surface area contributed by atoms with E-state index in [1.54, 1.807) is 11.3 Å². The van der Waals surface area contributed by atoms with Gasteiger partial charge in [0.2, 0.25) is 0 Å². The van der Waals surface area contributed by atoms with Crippen LogP contribution in [-0.2, 0) is 6.54 Å². The second-order valence-corrected chi connectivity index (χ2v) is 5.35. The zero-order valence-corrected chi connectivity index (χ0v) is 12.0. The summed E-state index contributed by atoms with van der Waals surface area (Å²) in [6.45, 7) is 5.48. The van der Waals surface area contributed by atoms with Crippen LogP contribution in [0.25, 0.3) is 0 Å². The van der Waals surface area contributed by atoms with E-state index in [-0.39, 0.29) is 5.91 Å². The molecular formula is C15H18N2OS. The third kappa shape index (κ3) is 3.58. The van der Waals surface area contributed by atoms with Crippen LogP contribution in [0.2, 0.25) is 0 Å². The fourth-order valence-electron chi connectivity index (χ4n) is 1.91. The number of anilines is 1. The summed E-state index contributed by atoms with van der Waals surface area (Å²) in [6, 6.07) is 9.83. The maximum absolute atomic E-state index is 12.1. The van der Waals surface area contributed by atoms with Gasteiger partial charge in [-0.15, -0.1) is 11.3 Å². The molecule has 0 fully saturated rings. The minimum atomic E-state index is -0.0195. The van der Waals surface area contributed by atoms with Crippen molar-refractivity contribution in [1.29, 1.82) is 0 Å². The first-order valence-electron chi connectivity index (χ1n) is 6.36. The van der Waals surface area contributed by atoms with Crippen LogP contribution in [0.3, 0.4) is 0 Å². The van der Waals surface area contributed by atoms with Crippen molar-refractivity contribution in [2.24, 2.45) is 0 Å². The molecule has 19 heavy (non-hydrogen) atoms. The summed E-state index contributed by atoms with van der Waals surface area (Å²) < 4.78 is 0. The Kier molecular flexibility index (Phi) is 4.58. The van der Waals surface area contributed by atoms with Crippen molar-refractivity contribution in [3.8, 4) is 0 Å². The van der Waals surface area contributed by atoms with Crippen molar-refractivity contribution in [3.05, 3.63) is 51.7 Å². The number of aryl methyl sites for hydroxylation is 1. The molecule has 2 aromatic rings. The van der Waals surface area contributed by atoms with E-state index in [0.717, 1.165) is 28.2 Å². The van der Waals surface area contributed by atoms with E-state index in [2.05, 4.69) is 17.6 Å². The lowest BCUT2D eigenvalue weighted by Gasteiger charge is -2.09. The number of hydrogen-bond acceptors (Lipinski definition) is 3. The molecule has 1 amide bonds. The van der Waals surface area contributed by atoms with Crippen LogP contribution >= 0.6 is 11.3 Å². The van der Waals surface area contributed by atoms with Gasteiger partial charge in [0.05, 0.1) is 6.54 Å². The minimum absolute atomic E-state index is 0.0195. The van der Waals surface area contributed by atoms with E-state index in [0.29, 0.717) is 6.54 Å². The quantitative estimate of drug-likeness (QED) is 0.877. The molecule has 1 aromatic heterocycles. The van der Waals surface area contributed by atoms with Gasteiger partial charge in [-0.2, -0.15) is 0 Å². The molecule has 2 rings (SSSR count). The van der Waals surface area contributed by atoms with Gasteiger partial charge in [0.15, 0.2) is 0 Å². The van der Waals surface area contributed by atoms with Gasteiger partial charge in [-0.1, -0.05) is 6.07 Å². The Morgan fingerprint density at radius 3 is 2.79 bits per heavy atom. The summed E-state index contributed by atoms with van der Waals surface area (Å²) in [7, 11) is 0. The summed E-state index contributed by atoms with van der Waals surface area (Å²) in [5.41, 5.74) is 2.77. The van der Waals surface area contributed by atoms with Crippen LogP contribution in [0.5, 0.6) is 0 Å². The monoisotopic (exact) mass is 274 g/mol. The molecule has 0 saturated carbocycles. The number of benzene rings is 1. The normalized spacial score (nSPS) is 10.2. The van der Waals surface area contributed by atoms with E-state index in [1.165, 1.54) is 0 Å². The highest BCUT2D eigenvalue weighted by molar-refractivity contribution is 7.09. The number of thiophene rings is 1. The Morgan fingerprint density at radius 2 is 2.16 bits per heavy atom. The highest BCUT2D eigenvalue weighted by Gasteiger charge is 2.09. The molecule has 4 heteroatoms. The van der Waals surface area contributed by atoms with E-state index >= 15 is 0 Å². The smallest absolute Gasteiger partial charge is 0.251 e. The third-order valence-electron chi connectivity index (χ3n) is 2.86. The summed E-state index contributed by atoms with van der Waals surface area (Å²) in [5.74, 6) is -0.0195.